The molecule has 0 aromatic carbocycles. The Morgan fingerprint density at radius 2 is 1.84 bits per heavy atom. The average molecular weight is 354 g/mol. The summed E-state index contributed by atoms with van der Waals surface area (Å²) in [7, 11) is 1.38. The number of likely N-dealkylation sites (tertiary alicyclic amines) is 1. The van der Waals surface area contributed by atoms with Gasteiger partial charge in [-0.3, -0.25) is 9.69 Å². The number of carboxylic acid groups (broad SMARTS) is 1. The maximum absolute atomic E-state index is 12.8. The molecule has 3 aliphatic rings. The van der Waals surface area contributed by atoms with Gasteiger partial charge < -0.3 is 24.5 Å². The van der Waals surface area contributed by atoms with Gasteiger partial charge in [-0.05, 0) is 20.3 Å². The number of urea groups is 1. The lowest BCUT2D eigenvalue weighted by Gasteiger charge is -2.34. The van der Waals surface area contributed by atoms with Crippen molar-refractivity contribution in [1.82, 2.24) is 19.6 Å². The molecule has 3 amide bonds. The van der Waals surface area contributed by atoms with E-state index in [1.165, 1.54) is 12.0 Å². The Kier molecular flexibility index (Phi) is 4.77. The SMILES string of the molecule is COC(=O)[C@@H]1C[C@@H](N2C[C@@H]3CN(C(=O)O)CCN3C2=O)CN1C(C)C. The van der Waals surface area contributed by atoms with Crippen LogP contribution in [0.25, 0.3) is 0 Å². The van der Waals surface area contributed by atoms with Crippen molar-refractivity contribution in [3.63, 3.8) is 0 Å². The van der Waals surface area contributed by atoms with Crippen LogP contribution in [0.4, 0.5) is 9.59 Å². The fourth-order valence-electron chi connectivity index (χ4n) is 4.21. The molecule has 9 heteroatoms. The van der Waals surface area contributed by atoms with Crippen LogP contribution in [0.3, 0.4) is 0 Å². The highest BCUT2D eigenvalue weighted by Crippen LogP contribution is 2.30. The van der Waals surface area contributed by atoms with Gasteiger partial charge in [0.2, 0.25) is 0 Å². The van der Waals surface area contributed by atoms with Gasteiger partial charge in [0.25, 0.3) is 0 Å². The molecule has 0 aromatic rings. The second-order valence-corrected chi connectivity index (χ2v) is 7.23. The second kappa shape index (κ2) is 6.70. The lowest BCUT2D eigenvalue weighted by atomic mass is 10.1. The Morgan fingerprint density at radius 3 is 2.44 bits per heavy atom. The third-order valence-corrected chi connectivity index (χ3v) is 5.55. The lowest BCUT2D eigenvalue weighted by Crippen LogP contribution is -2.53. The Labute approximate surface area is 147 Å². The molecule has 0 spiro atoms. The molecule has 0 unspecified atom stereocenters. The third-order valence-electron chi connectivity index (χ3n) is 5.55. The number of fused-ring (bicyclic) bond motifs is 1. The van der Waals surface area contributed by atoms with Gasteiger partial charge in [0.15, 0.2) is 0 Å². The summed E-state index contributed by atoms with van der Waals surface area (Å²) >= 11 is 0. The van der Waals surface area contributed by atoms with E-state index in [-0.39, 0.29) is 36.2 Å². The number of piperazine rings is 1. The highest BCUT2D eigenvalue weighted by Gasteiger charge is 2.48. The molecule has 3 heterocycles. The summed E-state index contributed by atoms with van der Waals surface area (Å²) in [6, 6.07) is -0.369. The van der Waals surface area contributed by atoms with Crippen molar-refractivity contribution in [3.05, 3.63) is 0 Å². The van der Waals surface area contributed by atoms with Gasteiger partial charge in [-0.1, -0.05) is 0 Å². The molecule has 0 saturated carbocycles. The van der Waals surface area contributed by atoms with Crippen LogP contribution in [-0.2, 0) is 9.53 Å². The average Bonchev–Trinajstić information content (AvgIpc) is 3.15. The number of nitrogens with zero attached hydrogens (tertiary/aromatic N) is 4. The van der Waals surface area contributed by atoms with Crippen LogP contribution in [-0.4, -0.2) is 107 Å². The zero-order valence-corrected chi connectivity index (χ0v) is 14.9. The van der Waals surface area contributed by atoms with E-state index in [4.69, 9.17) is 4.74 Å². The van der Waals surface area contributed by atoms with Crippen molar-refractivity contribution in [2.24, 2.45) is 0 Å². The number of ether oxygens (including phenoxy) is 1. The predicted octanol–water partition coefficient (Wildman–Crippen LogP) is 0.111. The molecular weight excluding hydrogens is 328 g/mol. The van der Waals surface area contributed by atoms with Gasteiger partial charge in [0.1, 0.15) is 6.04 Å². The monoisotopic (exact) mass is 354 g/mol. The zero-order valence-electron chi connectivity index (χ0n) is 14.9. The van der Waals surface area contributed by atoms with Crippen LogP contribution in [0.5, 0.6) is 0 Å². The first-order valence-electron chi connectivity index (χ1n) is 8.72. The number of hydrogen-bond donors (Lipinski definition) is 1. The van der Waals surface area contributed by atoms with E-state index < -0.39 is 6.09 Å². The van der Waals surface area contributed by atoms with Gasteiger partial charge in [0.05, 0.1) is 13.2 Å². The van der Waals surface area contributed by atoms with Crippen LogP contribution in [0.2, 0.25) is 0 Å². The zero-order chi connectivity index (χ0) is 18.3. The molecule has 3 fully saturated rings. The van der Waals surface area contributed by atoms with Crippen molar-refractivity contribution in [2.75, 3.05) is 39.8 Å². The number of carbonyl (C=O) groups excluding carboxylic acids is 2. The molecule has 25 heavy (non-hydrogen) atoms. The minimum Gasteiger partial charge on any atom is -0.468 e. The molecule has 0 radical (unpaired) electrons. The van der Waals surface area contributed by atoms with E-state index in [2.05, 4.69) is 4.90 Å². The number of esters is 1. The van der Waals surface area contributed by atoms with Crippen molar-refractivity contribution in [1.29, 1.82) is 0 Å². The number of carbonyl (C=O) groups is 3. The van der Waals surface area contributed by atoms with Crippen LogP contribution in [0.1, 0.15) is 20.3 Å². The van der Waals surface area contributed by atoms with Crippen LogP contribution in [0.15, 0.2) is 0 Å². The second-order valence-electron chi connectivity index (χ2n) is 7.23. The van der Waals surface area contributed by atoms with E-state index in [9.17, 15) is 19.5 Å². The molecule has 3 saturated heterocycles. The van der Waals surface area contributed by atoms with Crippen molar-refractivity contribution >= 4 is 18.1 Å². The summed E-state index contributed by atoms with van der Waals surface area (Å²) in [5.74, 6) is -0.266. The molecule has 0 aliphatic carbocycles. The minimum atomic E-state index is -0.942. The largest absolute Gasteiger partial charge is 0.468 e. The summed E-state index contributed by atoms with van der Waals surface area (Å²) in [4.78, 5) is 43.1. The van der Waals surface area contributed by atoms with E-state index in [1.807, 2.05) is 18.7 Å². The van der Waals surface area contributed by atoms with Crippen molar-refractivity contribution in [3.8, 4) is 0 Å². The van der Waals surface area contributed by atoms with Gasteiger partial charge in [-0.25, -0.2) is 9.59 Å². The third kappa shape index (κ3) is 3.12. The highest BCUT2D eigenvalue weighted by atomic mass is 16.5. The first-order chi connectivity index (χ1) is 11.8. The molecule has 9 nitrogen and oxygen atoms in total. The maximum atomic E-state index is 12.8. The van der Waals surface area contributed by atoms with Crippen molar-refractivity contribution < 1.29 is 24.2 Å². The quantitative estimate of drug-likeness (QED) is 0.723. The smallest absolute Gasteiger partial charge is 0.407 e. The van der Waals surface area contributed by atoms with Gasteiger partial charge in [0, 0.05) is 44.8 Å². The van der Waals surface area contributed by atoms with E-state index in [1.54, 1.807) is 4.90 Å². The van der Waals surface area contributed by atoms with Gasteiger partial charge in [-0.2, -0.15) is 0 Å². The predicted molar refractivity (Wildman–Crippen MR) is 88.2 cm³/mol. The lowest BCUT2D eigenvalue weighted by molar-refractivity contribution is -0.146. The molecule has 1 N–H and O–H groups in total. The molecule has 3 aliphatic heterocycles. The highest BCUT2D eigenvalue weighted by molar-refractivity contribution is 5.80. The molecule has 3 atom stereocenters. The molecule has 0 aromatic heterocycles. The Balaban J connectivity index is 1.71. The maximum Gasteiger partial charge on any atom is 0.407 e. The molecule has 0 bridgehead atoms. The Bertz CT molecular complexity index is 569. The number of methoxy groups -OCH3 is 1. The van der Waals surface area contributed by atoms with Crippen LogP contribution in [0, 0.1) is 0 Å². The Hall–Kier alpha value is -2.03. The first kappa shape index (κ1) is 17.8. The Morgan fingerprint density at radius 1 is 1.12 bits per heavy atom. The first-order valence-corrected chi connectivity index (χ1v) is 8.72. The summed E-state index contributed by atoms with van der Waals surface area (Å²) < 4.78 is 4.92. The van der Waals surface area contributed by atoms with E-state index >= 15 is 0 Å². The fraction of sp³-hybridized carbons (Fsp3) is 0.812. The summed E-state index contributed by atoms with van der Waals surface area (Å²) in [6.45, 7) is 6.31. The minimum absolute atomic E-state index is 0.0470. The fourth-order valence-corrected chi connectivity index (χ4v) is 4.21. The normalized spacial score (nSPS) is 30.2. The molecule has 140 valence electrons. The number of rotatable bonds is 3. The van der Waals surface area contributed by atoms with E-state index in [0.717, 1.165) is 0 Å². The van der Waals surface area contributed by atoms with Gasteiger partial charge in [-0.15, -0.1) is 0 Å². The molecular formula is C16H26N4O5. The van der Waals surface area contributed by atoms with Crippen LogP contribution < -0.4 is 0 Å². The standard InChI is InChI=1S/C16H26N4O5/c1-10(2)19-8-11(6-13(19)14(21)25-3)20-9-12-7-17(16(23)24)4-5-18(12)15(20)22/h10-13H,4-9H2,1-3H3,(H,23,24)/t11-,12+,13+/m1/s1. The summed E-state index contributed by atoms with van der Waals surface area (Å²) in [5, 5.41) is 9.17. The number of amides is 3. The topological polar surface area (TPSA) is 93.6 Å². The van der Waals surface area contributed by atoms with Crippen molar-refractivity contribution in [2.45, 2.75) is 44.4 Å². The summed E-state index contributed by atoms with van der Waals surface area (Å²) in [5.41, 5.74) is 0. The van der Waals surface area contributed by atoms with Crippen LogP contribution >= 0.6 is 0 Å². The number of hydrogen-bond acceptors (Lipinski definition) is 5. The van der Waals surface area contributed by atoms with Gasteiger partial charge >= 0.3 is 18.1 Å². The summed E-state index contributed by atoms with van der Waals surface area (Å²) in [6.07, 6.45) is -0.386. The van der Waals surface area contributed by atoms with E-state index in [0.29, 0.717) is 39.1 Å². The molecule has 3 rings (SSSR count).